The molecule has 1 nitrogen and oxygen atoms in total. The average molecular weight is 317 g/mol. The standard InChI is InChI=1S/C21H19NS/c1-5-16-18(6-2)23-20-17(22-16)12-11-15-19(20)13-9-7-8-10-14(13)21(15,3)4/h5-12,22H,1-2H2,3-4H3. The molecule has 2 aliphatic rings. The molecule has 0 saturated heterocycles. The molecule has 0 saturated carbocycles. The largest absolute Gasteiger partial charge is 0.354 e. The molecule has 0 fully saturated rings. The molecule has 0 atom stereocenters. The molecule has 2 aromatic carbocycles. The van der Waals surface area contributed by atoms with Crippen molar-refractivity contribution in [3.63, 3.8) is 0 Å². The SMILES string of the molecule is C=CC1=C(C=C)Sc2c(ccc3c2-c2ccccc2C3(C)C)N1. The van der Waals surface area contributed by atoms with Gasteiger partial charge in [0.2, 0.25) is 0 Å². The van der Waals surface area contributed by atoms with Crippen LogP contribution in [0.2, 0.25) is 0 Å². The predicted octanol–water partition coefficient (Wildman–Crippen LogP) is 6.09. The summed E-state index contributed by atoms with van der Waals surface area (Å²) in [5, 5.41) is 3.51. The summed E-state index contributed by atoms with van der Waals surface area (Å²) >= 11 is 1.79. The molecular weight excluding hydrogens is 298 g/mol. The molecule has 114 valence electrons. The van der Waals surface area contributed by atoms with E-state index in [1.54, 1.807) is 11.8 Å². The first kappa shape index (κ1) is 14.4. The van der Waals surface area contributed by atoms with Crippen molar-refractivity contribution in [2.24, 2.45) is 0 Å². The minimum Gasteiger partial charge on any atom is -0.354 e. The summed E-state index contributed by atoms with van der Waals surface area (Å²) in [7, 11) is 0. The van der Waals surface area contributed by atoms with E-state index in [0.29, 0.717) is 0 Å². The molecule has 0 unspecified atom stereocenters. The van der Waals surface area contributed by atoms with Gasteiger partial charge in [0.25, 0.3) is 0 Å². The van der Waals surface area contributed by atoms with E-state index in [4.69, 9.17) is 0 Å². The fourth-order valence-corrected chi connectivity index (χ4v) is 4.74. The van der Waals surface area contributed by atoms with Crippen molar-refractivity contribution in [2.45, 2.75) is 24.2 Å². The molecule has 1 aliphatic heterocycles. The first-order chi connectivity index (χ1) is 11.1. The van der Waals surface area contributed by atoms with E-state index in [1.165, 1.54) is 27.1 Å². The maximum Gasteiger partial charge on any atom is 0.0532 e. The number of anilines is 1. The zero-order valence-corrected chi connectivity index (χ0v) is 14.3. The fourth-order valence-electron chi connectivity index (χ4n) is 3.64. The number of fused-ring (bicyclic) bond motifs is 5. The third-order valence-electron chi connectivity index (χ3n) is 4.84. The Hall–Kier alpha value is -2.19. The first-order valence-corrected chi connectivity index (χ1v) is 8.61. The molecule has 0 bridgehead atoms. The number of thioether (sulfide) groups is 1. The van der Waals surface area contributed by atoms with Gasteiger partial charge in [-0.15, -0.1) is 0 Å². The minimum absolute atomic E-state index is 0.0400. The van der Waals surface area contributed by atoms with E-state index in [1.807, 2.05) is 12.2 Å². The third kappa shape index (κ3) is 1.88. The van der Waals surface area contributed by atoms with Crippen LogP contribution in [0.25, 0.3) is 11.1 Å². The van der Waals surface area contributed by atoms with Crippen LogP contribution < -0.4 is 5.32 Å². The third-order valence-corrected chi connectivity index (χ3v) is 6.07. The lowest BCUT2D eigenvalue weighted by molar-refractivity contribution is 0.659. The van der Waals surface area contributed by atoms with Crippen LogP contribution in [0.1, 0.15) is 25.0 Å². The average Bonchev–Trinajstić information content (AvgIpc) is 2.82. The highest BCUT2D eigenvalue weighted by atomic mass is 32.2. The van der Waals surface area contributed by atoms with Crippen LogP contribution in [0.3, 0.4) is 0 Å². The summed E-state index contributed by atoms with van der Waals surface area (Å²) in [5.41, 5.74) is 7.75. The smallest absolute Gasteiger partial charge is 0.0532 e. The monoisotopic (exact) mass is 317 g/mol. The van der Waals surface area contributed by atoms with Crippen LogP contribution in [0.15, 0.2) is 77.2 Å². The number of rotatable bonds is 2. The Morgan fingerprint density at radius 2 is 1.78 bits per heavy atom. The second kappa shape index (κ2) is 4.90. The fraction of sp³-hybridized carbons (Fsp3) is 0.143. The van der Waals surface area contributed by atoms with Crippen LogP contribution in [0.4, 0.5) is 5.69 Å². The molecule has 0 aromatic heterocycles. The maximum absolute atomic E-state index is 3.96. The van der Waals surface area contributed by atoms with Gasteiger partial charge in [-0.25, -0.2) is 0 Å². The van der Waals surface area contributed by atoms with Crippen molar-refractivity contribution in [1.29, 1.82) is 0 Å². The second-order valence-electron chi connectivity index (χ2n) is 6.45. The molecule has 4 rings (SSSR count). The Kier molecular flexibility index (Phi) is 3.07. The molecule has 0 spiro atoms. The summed E-state index contributed by atoms with van der Waals surface area (Å²) in [6.07, 6.45) is 3.76. The van der Waals surface area contributed by atoms with Crippen LogP contribution >= 0.6 is 11.8 Å². The van der Waals surface area contributed by atoms with Gasteiger partial charge in [0.05, 0.1) is 11.4 Å². The van der Waals surface area contributed by atoms with Gasteiger partial charge >= 0.3 is 0 Å². The van der Waals surface area contributed by atoms with Gasteiger partial charge in [-0.1, -0.05) is 75.2 Å². The summed E-state index contributed by atoms with van der Waals surface area (Å²) in [5.74, 6) is 0. The van der Waals surface area contributed by atoms with E-state index < -0.39 is 0 Å². The first-order valence-electron chi connectivity index (χ1n) is 7.79. The summed E-state index contributed by atoms with van der Waals surface area (Å²) < 4.78 is 0. The van der Waals surface area contributed by atoms with Crippen LogP contribution in [-0.2, 0) is 5.41 Å². The van der Waals surface area contributed by atoms with E-state index in [9.17, 15) is 0 Å². The summed E-state index contributed by atoms with van der Waals surface area (Å²) in [4.78, 5) is 2.42. The summed E-state index contributed by atoms with van der Waals surface area (Å²) in [6.45, 7) is 12.5. The van der Waals surface area contributed by atoms with Crippen molar-refractivity contribution in [3.05, 3.63) is 83.4 Å². The minimum atomic E-state index is 0.0400. The van der Waals surface area contributed by atoms with E-state index in [-0.39, 0.29) is 5.41 Å². The van der Waals surface area contributed by atoms with Crippen molar-refractivity contribution >= 4 is 17.4 Å². The van der Waals surface area contributed by atoms with Gasteiger partial charge in [0, 0.05) is 20.8 Å². The van der Waals surface area contributed by atoms with E-state index in [2.05, 4.69) is 68.7 Å². The summed E-state index contributed by atoms with van der Waals surface area (Å²) in [6, 6.07) is 13.2. The molecule has 23 heavy (non-hydrogen) atoms. The van der Waals surface area contributed by atoms with E-state index in [0.717, 1.165) is 16.3 Å². The molecule has 1 aliphatic carbocycles. The molecule has 1 N–H and O–H groups in total. The molecule has 1 heterocycles. The number of hydrogen-bond acceptors (Lipinski definition) is 2. The number of allylic oxidation sites excluding steroid dienone is 2. The zero-order valence-electron chi connectivity index (χ0n) is 13.4. The van der Waals surface area contributed by atoms with Gasteiger partial charge in [-0.05, 0) is 28.8 Å². The Morgan fingerprint density at radius 3 is 2.52 bits per heavy atom. The topological polar surface area (TPSA) is 12.0 Å². The van der Waals surface area contributed by atoms with Gasteiger partial charge in [-0.3, -0.25) is 0 Å². The number of nitrogens with one attached hydrogen (secondary N) is 1. The molecular formula is C21H19NS. The Balaban J connectivity index is 2.00. The lowest BCUT2D eigenvalue weighted by atomic mass is 9.82. The van der Waals surface area contributed by atoms with Crippen LogP contribution in [-0.4, -0.2) is 0 Å². The molecule has 0 amide bonds. The van der Waals surface area contributed by atoms with E-state index >= 15 is 0 Å². The molecule has 2 aromatic rings. The number of hydrogen-bond donors (Lipinski definition) is 1. The van der Waals surface area contributed by atoms with Crippen molar-refractivity contribution < 1.29 is 0 Å². The van der Waals surface area contributed by atoms with Crippen molar-refractivity contribution in [2.75, 3.05) is 5.32 Å². The van der Waals surface area contributed by atoms with Crippen molar-refractivity contribution in [1.82, 2.24) is 0 Å². The maximum atomic E-state index is 3.96. The lowest BCUT2D eigenvalue weighted by Gasteiger charge is -2.25. The number of benzene rings is 2. The van der Waals surface area contributed by atoms with Crippen LogP contribution in [0, 0.1) is 0 Å². The second-order valence-corrected chi connectivity index (χ2v) is 7.50. The van der Waals surface area contributed by atoms with Crippen LogP contribution in [0.5, 0.6) is 0 Å². The highest BCUT2D eigenvalue weighted by Gasteiger charge is 2.38. The van der Waals surface area contributed by atoms with Gasteiger partial charge in [-0.2, -0.15) is 0 Å². The van der Waals surface area contributed by atoms with Gasteiger partial charge in [0.15, 0.2) is 0 Å². The zero-order chi connectivity index (χ0) is 16.2. The quantitative estimate of drug-likeness (QED) is 0.719. The Labute approximate surface area is 141 Å². The molecule has 2 heteroatoms. The molecule has 0 radical (unpaired) electrons. The lowest BCUT2D eigenvalue weighted by Crippen LogP contribution is -2.15. The van der Waals surface area contributed by atoms with Gasteiger partial charge < -0.3 is 5.32 Å². The highest BCUT2D eigenvalue weighted by Crippen LogP contribution is 2.56. The van der Waals surface area contributed by atoms with Crippen molar-refractivity contribution in [3.8, 4) is 11.1 Å². The van der Waals surface area contributed by atoms with Gasteiger partial charge in [0.1, 0.15) is 0 Å². The Bertz CT molecular complexity index is 887. The predicted molar refractivity (Wildman–Crippen MR) is 101 cm³/mol. The highest BCUT2D eigenvalue weighted by molar-refractivity contribution is 8.03. The Morgan fingerprint density at radius 1 is 1.00 bits per heavy atom. The normalized spacial score (nSPS) is 17.0.